The van der Waals surface area contributed by atoms with E-state index in [1.807, 2.05) is 4.90 Å². The van der Waals surface area contributed by atoms with Gasteiger partial charge in [0.1, 0.15) is 18.6 Å². The van der Waals surface area contributed by atoms with Gasteiger partial charge >= 0.3 is 12.2 Å². The molecular weight excluding hydrogens is 710 g/mol. The third-order valence-corrected chi connectivity index (χ3v) is 10.7. The van der Waals surface area contributed by atoms with Gasteiger partial charge in [0, 0.05) is 57.7 Å². The van der Waals surface area contributed by atoms with Gasteiger partial charge in [-0.05, 0) is 31.9 Å². The summed E-state index contributed by atoms with van der Waals surface area (Å²) in [7, 11) is 3.20. The van der Waals surface area contributed by atoms with E-state index in [1.54, 1.807) is 18.8 Å². The minimum atomic E-state index is -5.00. The Morgan fingerprint density at radius 1 is 1.20 bits per heavy atom. The molecular formula is C32H35Cl2F5N8O3. The third kappa shape index (κ3) is 6.11. The van der Waals surface area contributed by atoms with Crippen LogP contribution >= 0.6 is 23.2 Å². The lowest BCUT2D eigenvalue weighted by molar-refractivity contribution is -0.140. The van der Waals surface area contributed by atoms with Crippen LogP contribution < -0.4 is 15.4 Å². The molecule has 11 nitrogen and oxygen atoms in total. The topological polar surface area (TPSA) is 115 Å². The zero-order chi connectivity index (χ0) is 35.7. The number of alkyl halides is 4. The Hall–Kier alpha value is -3.47. The number of fused-ring (bicyclic) bond motifs is 3. The number of rotatable bonds is 6. The molecule has 0 bridgehead atoms. The van der Waals surface area contributed by atoms with E-state index in [-0.39, 0.29) is 54.5 Å². The fourth-order valence-corrected chi connectivity index (χ4v) is 8.26. The molecule has 1 amide bonds. The molecule has 3 atom stereocenters. The van der Waals surface area contributed by atoms with Crippen molar-refractivity contribution in [2.24, 2.45) is 0 Å². The first-order valence-corrected chi connectivity index (χ1v) is 17.0. The number of nitrogens with zero attached hydrogens (tertiary/aromatic N) is 7. The molecule has 0 unspecified atom stereocenters. The Labute approximate surface area is 294 Å². The van der Waals surface area contributed by atoms with Crippen molar-refractivity contribution in [3.05, 3.63) is 55.7 Å². The molecule has 0 saturated carbocycles. The minimum absolute atomic E-state index is 0.0580. The number of anilines is 2. The zero-order valence-corrected chi connectivity index (χ0v) is 28.8. The predicted molar refractivity (Wildman–Crippen MR) is 174 cm³/mol. The highest BCUT2D eigenvalue weighted by Gasteiger charge is 2.49. The summed E-state index contributed by atoms with van der Waals surface area (Å²) in [6.45, 7) is 2.00. The van der Waals surface area contributed by atoms with Crippen LogP contribution in [0.3, 0.4) is 0 Å². The van der Waals surface area contributed by atoms with Gasteiger partial charge in [0.2, 0.25) is 0 Å². The summed E-state index contributed by atoms with van der Waals surface area (Å²) in [4.78, 5) is 27.5. The molecule has 0 spiro atoms. The van der Waals surface area contributed by atoms with Crippen molar-refractivity contribution < 1.29 is 36.2 Å². The fourth-order valence-electron chi connectivity index (χ4n) is 7.66. The number of benzene rings is 1. The molecule has 18 heteroatoms. The number of ether oxygens (including phenoxy) is 2. The van der Waals surface area contributed by atoms with Crippen LogP contribution in [0.1, 0.15) is 70.4 Å². The molecule has 6 heterocycles. The average molecular weight is 746 g/mol. The second-order valence-corrected chi connectivity index (χ2v) is 14.3. The summed E-state index contributed by atoms with van der Waals surface area (Å²) < 4.78 is 86.5. The van der Waals surface area contributed by atoms with E-state index in [0.29, 0.717) is 49.6 Å². The van der Waals surface area contributed by atoms with Crippen molar-refractivity contribution in [3.8, 4) is 6.01 Å². The number of halogens is 7. The lowest BCUT2D eigenvalue weighted by Crippen LogP contribution is -2.43. The fraction of sp³-hybridized carbons (Fsp3) is 0.562. The largest absolute Gasteiger partial charge is 0.461 e. The second kappa shape index (κ2) is 12.9. The maximum Gasteiger partial charge on any atom is 0.418 e. The Bertz CT molecular complexity index is 1840. The molecule has 0 radical (unpaired) electrons. The van der Waals surface area contributed by atoms with Gasteiger partial charge < -0.3 is 25.0 Å². The smallest absolute Gasteiger partial charge is 0.418 e. The molecule has 1 aromatic carbocycles. The maximum atomic E-state index is 15.5. The van der Waals surface area contributed by atoms with Gasteiger partial charge in [-0.15, -0.1) is 0 Å². The molecule has 4 aliphatic heterocycles. The Morgan fingerprint density at radius 2 is 1.98 bits per heavy atom. The molecule has 2 aromatic heterocycles. The monoisotopic (exact) mass is 744 g/mol. The summed E-state index contributed by atoms with van der Waals surface area (Å²) in [5.41, 5.74) is 3.92. The van der Waals surface area contributed by atoms with Gasteiger partial charge in [0.15, 0.2) is 11.5 Å². The van der Waals surface area contributed by atoms with Gasteiger partial charge in [-0.3, -0.25) is 14.4 Å². The van der Waals surface area contributed by atoms with Crippen LogP contribution in [-0.2, 0) is 37.0 Å². The van der Waals surface area contributed by atoms with E-state index >= 15 is 4.39 Å². The van der Waals surface area contributed by atoms with Crippen molar-refractivity contribution in [2.75, 3.05) is 51.0 Å². The quantitative estimate of drug-likeness (QED) is 0.255. The third-order valence-electron chi connectivity index (χ3n) is 10.0. The molecule has 2 saturated heterocycles. The molecule has 2 N–H and O–H groups in total. The molecule has 3 aromatic rings. The zero-order valence-electron chi connectivity index (χ0n) is 27.3. The lowest BCUT2D eigenvalue weighted by atomic mass is 9.93. The van der Waals surface area contributed by atoms with E-state index in [9.17, 15) is 22.4 Å². The number of hydrogen-bond acceptors (Lipinski definition) is 9. The molecule has 0 aliphatic carbocycles. The van der Waals surface area contributed by atoms with Crippen LogP contribution in [0.5, 0.6) is 6.01 Å². The number of nitrogen functional groups attached to an aromatic ring is 1. The summed E-state index contributed by atoms with van der Waals surface area (Å²) in [5.74, 6) is -1.25. The van der Waals surface area contributed by atoms with E-state index in [2.05, 4.69) is 15.0 Å². The molecule has 2 fully saturated rings. The van der Waals surface area contributed by atoms with Crippen molar-refractivity contribution in [3.63, 3.8) is 0 Å². The van der Waals surface area contributed by atoms with Crippen LogP contribution in [0.2, 0.25) is 10.0 Å². The molecule has 50 heavy (non-hydrogen) atoms. The van der Waals surface area contributed by atoms with Crippen molar-refractivity contribution in [1.29, 1.82) is 0 Å². The SMILES string of the molecule is CN(C)C(=O)c1nn2c(c1Cl)CN(c1nc(OC[C@@]34CCCN3C[C@H](F)C4)nc3c1CO[C@@H](c1c(F)c(N)cc(Cl)c1C(F)(F)F)C3)CCC2. The van der Waals surface area contributed by atoms with Gasteiger partial charge in [-0.2, -0.15) is 28.2 Å². The number of nitrogens with two attached hydrogens (primary N) is 1. The standard InChI is InChI=1S/C32H35Cl2F5N8O3/c1-44(2)29(48)27-25(34)21-13-45(6-4-8-47(21)43-27)28-17-14-49-22(23-24(32(37,38)39)18(33)9-19(40)26(23)36)10-20(17)41-30(42-28)50-15-31-5-3-7-46(31)12-16(35)11-31/h9,16,22H,3-8,10-15,40H2,1-2H3/t16-,22-,31+/m1/s1. The van der Waals surface area contributed by atoms with Crippen molar-refractivity contribution >= 4 is 40.6 Å². The summed E-state index contributed by atoms with van der Waals surface area (Å²) >= 11 is 12.7. The summed E-state index contributed by atoms with van der Waals surface area (Å²) in [6, 6.07) is 0.674. The predicted octanol–water partition coefficient (Wildman–Crippen LogP) is 5.60. The van der Waals surface area contributed by atoms with Gasteiger partial charge in [-0.1, -0.05) is 23.2 Å². The van der Waals surface area contributed by atoms with Crippen LogP contribution in [0.25, 0.3) is 0 Å². The normalized spacial score (nSPS) is 23.7. The number of aryl methyl sites for hydroxylation is 1. The van der Waals surface area contributed by atoms with E-state index in [0.717, 1.165) is 25.5 Å². The Balaban J connectivity index is 1.28. The van der Waals surface area contributed by atoms with E-state index in [1.165, 1.54) is 4.90 Å². The summed E-state index contributed by atoms with van der Waals surface area (Å²) in [6.07, 6.45) is -5.20. The van der Waals surface area contributed by atoms with Crippen LogP contribution in [0, 0.1) is 5.82 Å². The van der Waals surface area contributed by atoms with E-state index < -0.39 is 51.6 Å². The van der Waals surface area contributed by atoms with Gasteiger partial charge in [0.05, 0.1) is 57.5 Å². The highest BCUT2D eigenvalue weighted by molar-refractivity contribution is 6.34. The maximum absolute atomic E-state index is 15.5. The van der Waals surface area contributed by atoms with E-state index in [4.69, 9.17) is 43.4 Å². The first-order chi connectivity index (χ1) is 23.7. The number of aromatic nitrogens is 4. The van der Waals surface area contributed by atoms with Gasteiger partial charge in [-0.25, -0.2) is 8.78 Å². The first kappa shape index (κ1) is 35.0. The van der Waals surface area contributed by atoms with Crippen LogP contribution in [0.4, 0.5) is 33.5 Å². The van der Waals surface area contributed by atoms with Crippen molar-refractivity contribution in [1.82, 2.24) is 29.5 Å². The highest BCUT2D eigenvalue weighted by Crippen LogP contribution is 2.46. The molecule has 7 rings (SSSR count). The Morgan fingerprint density at radius 3 is 2.72 bits per heavy atom. The number of hydrogen-bond donors (Lipinski definition) is 1. The lowest BCUT2D eigenvalue weighted by Gasteiger charge is -2.33. The van der Waals surface area contributed by atoms with Crippen LogP contribution in [0.15, 0.2) is 6.07 Å². The number of carbonyl (C=O) groups is 1. The minimum Gasteiger partial charge on any atom is -0.461 e. The number of amides is 1. The Kier molecular flexibility index (Phi) is 9.05. The highest BCUT2D eigenvalue weighted by atomic mass is 35.5. The second-order valence-electron chi connectivity index (χ2n) is 13.5. The van der Waals surface area contributed by atoms with Crippen LogP contribution in [-0.4, -0.2) is 87.5 Å². The average Bonchev–Trinajstić information content (AvgIpc) is 3.62. The van der Waals surface area contributed by atoms with Gasteiger partial charge in [0.25, 0.3) is 5.91 Å². The first-order valence-electron chi connectivity index (χ1n) is 16.3. The molecule has 4 aliphatic rings. The van der Waals surface area contributed by atoms with Crippen molar-refractivity contribution in [2.45, 2.75) is 75.8 Å². The molecule has 270 valence electrons. The summed E-state index contributed by atoms with van der Waals surface area (Å²) in [5, 5.41) is 3.92. The number of carbonyl (C=O) groups excluding carboxylic acids is 1.